The third kappa shape index (κ3) is 3.65. The molecule has 3 aliphatic rings. The van der Waals surface area contributed by atoms with E-state index in [1.807, 2.05) is 6.20 Å². The second-order valence-corrected chi connectivity index (χ2v) is 11.0. The minimum absolute atomic E-state index is 0.116. The average Bonchev–Trinajstić information content (AvgIpc) is 3.27. The molecule has 4 heterocycles. The van der Waals surface area contributed by atoms with Gasteiger partial charge < -0.3 is 4.90 Å². The van der Waals surface area contributed by atoms with Crippen LogP contribution in [-0.4, -0.2) is 52.6 Å². The Morgan fingerprint density at radius 2 is 2.06 bits per heavy atom. The highest BCUT2D eigenvalue weighted by Crippen LogP contribution is 2.37. The Bertz CT molecular complexity index is 1130. The van der Waals surface area contributed by atoms with Crippen LogP contribution in [0, 0.1) is 0 Å². The van der Waals surface area contributed by atoms with Crippen LogP contribution in [0.1, 0.15) is 60.8 Å². The normalized spacial score (nSPS) is 23.6. The quantitative estimate of drug-likeness (QED) is 0.729. The Labute approximate surface area is 184 Å². The molecule has 8 heteroatoms. The van der Waals surface area contributed by atoms with Crippen molar-refractivity contribution < 1.29 is 8.42 Å². The topological polar surface area (TPSA) is 79.3 Å². The summed E-state index contributed by atoms with van der Waals surface area (Å²) in [5.41, 5.74) is 6.87. The molecule has 2 aliphatic heterocycles. The summed E-state index contributed by atoms with van der Waals surface area (Å²) in [7, 11) is -3.19. The predicted octanol–water partition coefficient (Wildman–Crippen LogP) is 2.92. The second-order valence-electron chi connectivity index (χ2n) is 8.76. The molecule has 5 rings (SSSR count). The minimum Gasteiger partial charge on any atom is -0.363 e. The molecule has 0 spiro atoms. The van der Waals surface area contributed by atoms with Gasteiger partial charge in [-0.1, -0.05) is 12.2 Å². The molecule has 0 radical (unpaired) electrons. The highest BCUT2D eigenvalue weighted by Gasteiger charge is 2.34. The van der Waals surface area contributed by atoms with Crippen LogP contribution in [-0.2, 0) is 29.4 Å². The van der Waals surface area contributed by atoms with Crippen LogP contribution in [0.15, 0.2) is 24.7 Å². The molecule has 0 saturated carbocycles. The van der Waals surface area contributed by atoms with Gasteiger partial charge in [0.25, 0.3) is 0 Å². The molecule has 1 saturated heterocycles. The van der Waals surface area contributed by atoms with Crippen molar-refractivity contribution in [3.8, 4) is 0 Å². The molecular weight excluding hydrogens is 410 g/mol. The molecule has 31 heavy (non-hydrogen) atoms. The van der Waals surface area contributed by atoms with E-state index >= 15 is 0 Å². The SMILES string of the molecule is CCS(=O)(=O)N1CCCC(c2ncnc3c2CN(c2ccnc4c2C=CC4)[C@H](C)C3)C1. The van der Waals surface area contributed by atoms with Gasteiger partial charge >= 0.3 is 0 Å². The molecule has 0 N–H and O–H groups in total. The van der Waals surface area contributed by atoms with E-state index in [-0.39, 0.29) is 11.7 Å². The minimum atomic E-state index is -3.19. The van der Waals surface area contributed by atoms with E-state index < -0.39 is 10.0 Å². The molecule has 7 nitrogen and oxygen atoms in total. The molecule has 2 aromatic rings. The van der Waals surface area contributed by atoms with Crippen molar-refractivity contribution in [1.29, 1.82) is 0 Å². The summed E-state index contributed by atoms with van der Waals surface area (Å²) >= 11 is 0. The fraction of sp³-hybridized carbons (Fsp3) is 0.522. The van der Waals surface area contributed by atoms with Crippen molar-refractivity contribution in [3.63, 3.8) is 0 Å². The lowest BCUT2D eigenvalue weighted by molar-refractivity contribution is 0.311. The number of nitrogens with zero attached hydrogens (tertiary/aromatic N) is 5. The fourth-order valence-electron chi connectivity index (χ4n) is 5.19. The van der Waals surface area contributed by atoms with Gasteiger partial charge in [-0.15, -0.1) is 0 Å². The summed E-state index contributed by atoms with van der Waals surface area (Å²) in [5.74, 6) is 0.262. The van der Waals surface area contributed by atoms with Gasteiger partial charge in [-0.3, -0.25) is 4.98 Å². The van der Waals surface area contributed by atoms with Crippen molar-refractivity contribution in [2.45, 2.75) is 58.0 Å². The lowest BCUT2D eigenvalue weighted by Gasteiger charge is -2.39. The maximum atomic E-state index is 12.5. The molecule has 1 fully saturated rings. The zero-order chi connectivity index (χ0) is 21.6. The second kappa shape index (κ2) is 7.98. The standard InChI is InChI=1S/C23H29N5O2S/c1-3-31(29,30)27-11-5-6-17(13-27)23-19-14-28(16(2)12-21(19)25-15-26-23)22-9-10-24-20-8-4-7-18(20)22/h4,7,9-10,15-17H,3,5-6,8,11-14H2,1-2H3/t16-,17?/m1/s1. The smallest absolute Gasteiger partial charge is 0.213 e. The Morgan fingerprint density at radius 3 is 2.90 bits per heavy atom. The summed E-state index contributed by atoms with van der Waals surface area (Å²) in [6.45, 7) is 5.83. The van der Waals surface area contributed by atoms with Crippen LogP contribution in [0.25, 0.3) is 6.08 Å². The summed E-state index contributed by atoms with van der Waals surface area (Å²) in [6, 6.07) is 2.43. The summed E-state index contributed by atoms with van der Waals surface area (Å²) in [4.78, 5) is 16.3. The third-order valence-corrected chi connectivity index (χ3v) is 8.75. The average molecular weight is 440 g/mol. The number of anilines is 1. The highest BCUT2D eigenvalue weighted by atomic mass is 32.2. The Morgan fingerprint density at radius 1 is 1.19 bits per heavy atom. The maximum absolute atomic E-state index is 12.5. The summed E-state index contributed by atoms with van der Waals surface area (Å²) < 4.78 is 26.6. The van der Waals surface area contributed by atoms with Crippen LogP contribution in [0.2, 0.25) is 0 Å². The lowest BCUT2D eigenvalue weighted by Crippen LogP contribution is -2.42. The molecule has 0 bridgehead atoms. The van der Waals surface area contributed by atoms with Gasteiger partial charge in [-0.2, -0.15) is 0 Å². The molecule has 2 aromatic heterocycles. The van der Waals surface area contributed by atoms with E-state index in [2.05, 4.69) is 40.0 Å². The third-order valence-electron chi connectivity index (χ3n) is 6.90. The number of hydrogen-bond donors (Lipinski definition) is 0. The maximum Gasteiger partial charge on any atom is 0.213 e. The molecule has 1 unspecified atom stereocenters. The first kappa shape index (κ1) is 20.6. The Kier molecular flexibility index (Phi) is 5.30. The van der Waals surface area contributed by atoms with E-state index in [0.29, 0.717) is 19.1 Å². The van der Waals surface area contributed by atoms with E-state index in [1.165, 1.54) is 16.8 Å². The van der Waals surface area contributed by atoms with E-state index in [9.17, 15) is 8.42 Å². The summed E-state index contributed by atoms with van der Waals surface area (Å²) in [5, 5.41) is 0. The predicted molar refractivity (Wildman–Crippen MR) is 121 cm³/mol. The zero-order valence-corrected chi connectivity index (χ0v) is 19.0. The largest absolute Gasteiger partial charge is 0.363 e. The number of piperidine rings is 1. The number of sulfonamides is 1. The molecule has 0 amide bonds. The zero-order valence-electron chi connectivity index (χ0n) is 18.2. The van der Waals surface area contributed by atoms with Gasteiger partial charge in [0.1, 0.15) is 6.33 Å². The molecule has 2 atom stereocenters. The Hall–Kier alpha value is -2.32. The van der Waals surface area contributed by atoms with Gasteiger partial charge in [-0.25, -0.2) is 22.7 Å². The number of allylic oxidation sites excluding steroid dienone is 1. The van der Waals surface area contributed by atoms with Crippen molar-refractivity contribution in [2.24, 2.45) is 0 Å². The van der Waals surface area contributed by atoms with Gasteiger partial charge in [-0.05, 0) is 32.8 Å². The number of pyridine rings is 1. The van der Waals surface area contributed by atoms with Crippen LogP contribution in [0.4, 0.5) is 5.69 Å². The van der Waals surface area contributed by atoms with E-state index in [0.717, 1.165) is 49.3 Å². The Balaban J connectivity index is 1.49. The summed E-state index contributed by atoms with van der Waals surface area (Å²) in [6.07, 6.45) is 11.5. The van der Waals surface area contributed by atoms with Gasteiger partial charge in [0.15, 0.2) is 0 Å². The van der Waals surface area contributed by atoms with Crippen molar-refractivity contribution in [3.05, 3.63) is 52.9 Å². The first-order valence-corrected chi connectivity index (χ1v) is 12.8. The van der Waals surface area contributed by atoms with E-state index in [4.69, 9.17) is 4.98 Å². The van der Waals surface area contributed by atoms with Crippen LogP contribution in [0.3, 0.4) is 0 Å². The molecular formula is C23H29N5O2S. The van der Waals surface area contributed by atoms with Gasteiger partial charge in [0.2, 0.25) is 10.0 Å². The van der Waals surface area contributed by atoms with Gasteiger partial charge in [0, 0.05) is 67.4 Å². The number of rotatable bonds is 4. The highest BCUT2D eigenvalue weighted by molar-refractivity contribution is 7.89. The molecule has 0 aromatic carbocycles. The lowest BCUT2D eigenvalue weighted by atomic mass is 9.88. The van der Waals surface area contributed by atoms with Crippen molar-refractivity contribution in [2.75, 3.05) is 23.7 Å². The van der Waals surface area contributed by atoms with E-state index in [1.54, 1.807) is 17.6 Å². The van der Waals surface area contributed by atoms with Crippen LogP contribution >= 0.6 is 0 Å². The number of fused-ring (bicyclic) bond motifs is 2. The fourth-order valence-corrected chi connectivity index (χ4v) is 6.37. The number of hydrogen-bond acceptors (Lipinski definition) is 6. The van der Waals surface area contributed by atoms with Crippen LogP contribution < -0.4 is 4.90 Å². The van der Waals surface area contributed by atoms with Crippen LogP contribution in [0.5, 0.6) is 0 Å². The van der Waals surface area contributed by atoms with Crippen molar-refractivity contribution >= 4 is 21.8 Å². The monoisotopic (exact) mass is 439 g/mol. The molecule has 1 aliphatic carbocycles. The van der Waals surface area contributed by atoms with Crippen molar-refractivity contribution in [1.82, 2.24) is 19.3 Å². The van der Waals surface area contributed by atoms with Gasteiger partial charge in [0.05, 0.1) is 22.8 Å². The first-order chi connectivity index (χ1) is 15.0. The molecule has 164 valence electrons. The number of aromatic nitrogens is 3. The first-order valence-electron chi connectivity index (χ1n) is 11.2.